The van der Waals surface area contributed by atoms with Crippen LogP contribution in [0, 0.1) is 0 Å². The number of benzene rings is 1. The highest BCUT2D eigenvalue weighted by Crippen LogP contribution is 2.30. The van der Waals surface area contributed by atoms with Crippen molar-refractivity contribution < 1.29 is 14.7 Å². The van der Waals surface area contributed by atoms with Gasteiger partial charge in [-0.1, -0.05) is 96.1 Å². The molecule has 0 saturated carbocycles. The molecule has 0 atom stereocenters. The Balaban J connectivity index is 0.00000133. The SMILES string of the molecule is C=C/C=C(\C=C/C)c1cc(COC(=PC)N(C)Cc2ccccc2)sc1C(=O)NO.CCCC. The number of rotatable bonds is 11. The number of carbonyl (C=O) groups is 1. The van der Waals surface area contributed by atoms with Gasteiger partial charge in [-0.25, -0.2) is 5.48 Å². The van der Waals surface area contributed by atoms with Gasteiger partial charge in [0, 0.05) is 17.0 Å². The van der Waals surface area contributed by atoms with E-state index in [1.165, 1.54) is 29.7 Å². The summed E-state index contributed by atoms with van der Waals surface area (Å²) < 4.78 is 6.08. The smallest absolute Gasteiger partial charge is 0.285 e. The maximum atomic E-state index is 12.2. The molecule has 1 amide bonds. The molecule has 0 aliphatic rings. The highest BCUT2D eigenvalue weighted by molar-refractivity contribution is 7.38. The first-order valence-corrected chi connectivity index (χ1v) is 13.5. The minimum Gasteiger partial charge on any atom is -0.326 e. The van der Waals surface area contributed by atoms with Crippen molar-refractivity contribution in [2.24, 2.45) is 0 Å². The zero-order valence-corrected chi connectivity index (χ0v) is 22.6. The van der Waals surface area contributed by atoms with Crippen molar-refractivity contribution >= 4 is 36.6 Å². The van der Waals surface area contributed by atoms with Crippen molar-refractivity contribution in [1.29, 1.82) is 0 Å². The van der Waals surface area contributed by atoms with Crippen LogP contribution in [0.1, 0.15) is 59.3 Å². The number of hydrogen-bond donors (Lipinski definition) is 2. The van der Waals surface area contributed by atoms with Gasteiger partial charge in [0.05, 0.1) is 6.61 Å². The highest BCUT2D eigenvalue weighted by atomic mass is 32.1. The van der Waals surface area contributed by atoms with Gasteiger partial charge in [-0.05, 0) is 37.8 Å². The van der Waals surface area contributed by atoms with Gasteiger partial charge in [0.1, 0.15) is 10.5 Å². The van der Waals surface area contributed by atoms with Crippen LogP contribution in [0.2, 0.25) is 0 Å². The van der Waals surface area contributed by atoms with Gasteiger partial charge >= 0.3 is 0 Å². The first-order valence-electron chi connectivity index (χ1n) is 11.3. The maximum absolute atomic E-state index is 12.2. The second kappa shape index (κ2) is 17.1. The third-order valence-corrected chi connectivity index (χ3v) is 6.63. The molecular weight excluding hydrogens is 463 g/mol. The zero-order valence-electron chi connectivity index (χ0n) is 20.9. The fourth-order valence-corrected chi connectivity index (χ4v) is 4.48. The number of thiophene rings is 1. The lowest BCUT2D eigenvalue weighted by molar-refractivity contribution is 0.0710. The molecule has 0 saturated heterocycles. The van der Waals surface area contributed by atoms with Crippen molar-refractivity contribution in [3.05, 3.63) is 88.2 Å². The standard InChI is InChI=1S/C23H27N2O3PS.C4H10/c1-5-10-18(11-6-2)20-14-19(30-21(20)22(26)24-27)16-28-23(29-4)25(3)15-17-12-8-7-9-13-17;1-3-4-2/h5-14,27H,1,15-16H2,2-4H3,(H,24,26);3-4H2,1-2H3/b11-6-,18-10+;. The molecule has 2 aromatic rings. The fraction of sp³-hybridized carbons (Fsp3) is 0.333. The Bertz CT molecular complexity index is 979. The average Bonchev–Trinajstić information content (AvgIpc) is 3.28. The lowest BCUT2D eigenvalue weighted by Crippen LogP contribution is -2.26. The van der Waals surface area contributed by atoms with Crippen LogP contribution in [0.3, 0.4) is 0 Å². The molecule has 0 aliphatic heterocycles. The number of allylic oxidation sites excluding steroid dienone is 5. The van der Waals surface area contributed by atoms with Gasteiger partial charge < -0.3 is 4.74 Å². The predicted octanol–water partition coefficient (Wildman–Crippen LogP) is 7.13. The molecule has 0 aliphatic carbocycles. The van der Waals surface area contributed by atoms with Crippen LogP contribution in [-0.4, -0.2) is 35.3 Å². The Morgan fingerprint density at radius 3 is 2.47 bits per heavy atom. The second-order valence-electron chi connectivity index (χ2n) is 7.39. The predicted molar refractivity (Wildman–Crippen MR) is 148 cm³/mol. The summed E-state index contributed by atoms with van der Waals surface area (Å²) >= 11 is 1.30. The summed E-state index contributed by atoms with van der Waals surface area (Å²) in [5.74, 6) is -0.542. The van der Waals surface area contributed by atoms with Crippen LogP contribution in [-0.2, 0) is 17.9 Å². The van der Waals surface area contributed by atoms with Gasteiger partial charge in [0.25, 0.3) is 5.91 Å². The molecule has 184 valence electrons. The topological polar surface area (TPSA) is 61.8 Å². The number of carbonyl (C=O) groups excluding carboxylic acids is 1. The molecular formula is C27H37N2O3PS. The Hall–Kier alpha value is -2.34. The summed E-state index contributed by atoms with van der Waals surface area (Å²) in [6.07, 6.45) is 9.93. The van der Waals surface area contributed by atoms with E-state index in [-0.39, 0.29) is 0 Å². The van der Waals surface area contributed by atoms with Crippen LogP contribution in [0.15, 0.2) is 67.3 Å². The lowest BCUT2D eigenvalue weighted by Gasteiger charge is -2.19. The average molecular weight is 501 g/mol. The monoisotopic (exact) mass is 500 g/mol. The number of nitrogens with one attached hydrogen (secondary N) is 1. The van der Waals surface area contributed by atoms with E-state index in [1.807, 2.05) is 63.1 Å². The van der Waals surface area contributed by atoms with Crippen LogP contribution in [0.5, 0.6) is 0 Å². The van der Waals surface area contributed by atoms with Crippen molar-refractivity contribution in [2.45, 2.75) is 46.8 Å². The lowest BCUT2D eigenvalue weighted by atomic mass is 10.0. The van der Waals surface area contributed by atoms with Crippen LogP contribution >= 0.6 is 19.5 Å². The summed E-state index contributed by atoms with van der Waals surface area (Å²) in [7, 11) is 3.01. The summed E-state index contributed by atoms with van der Waals surface area (Å²) in [5.41, 5.74) is 5.36. The van der Waals surface area contributed by atoms with Crippen LogP contribution in [0.25, 0.3) is 5.57 Å². The third-order valence-electron chi connectivity index (χ3n) is 4.67. The van der Waals surface area contributed by atoms with E-state index >= 15 is 0 Å². The molecule has 2 N–H and O–H groups in total. The molecule has 1 aromatic heterocycles. The molecule has 0 unspecified atom stereocenters. The van der Waals surface area contributed by atoms with Crippen molar-refractivity contribution in [1.82, 2.24) is 10.4 Å². The number of hydrogen-bond acceptors (Lipinski definition) is 4. The molecule has 7 heteroatoms. The normalized spacial score (nSPS) is 12.0. The van der Waals surface area contributed by atoms with Gasteiger partial charge in [0.2, 0.25) is 0 Å². The van der Waals surface area contributed by atoms with E-state index in [0.29, 0.717) is 11.5 Å². The Morgan fingerprint density at radius 2 is 1.94 bits per heavy atom. The molecule has 34 heavy (non-hydrogen) atoms. The minimum absolute atomic E-state index is 0.336. The number of hydroxylamine groups is 1. The van der Waals surface area contributed by atoms with Crippen molar-refractivity contribution in [2.75, 3.05) is 13.7 Å². The molecule has 0 bridgehead atoms. The highest BCUT2D eigenvalue weighted by Gasteiger charge is 2.18. The summed E-state index contributed by atoms with van der Waals surface area (Å²) in [6, 6.07) is 12.1. The third kappa shape index (κ3) is 9.88. The first kappa shape index (κ1) is 29.7. The molecule has 5 nitrogen and oxygen atoms in total. The first-order chi connectivity index (χ1) is 16.4. The van der Waals surface area contributed by atoms with Crippen LogP contribution in [0.4, 0.5) is 0 Å². The maximum Gasteiger partial charge on any atom is 0.285 e. The van der Waals surface area contributed by atoms with Gasteiger partial charge in [0.15, 0.2) is 0 Å². The summed E-state index contributed by atoms with van der Waals surface area (Å²) in [6.45, 7) is 13.1. The molecule has 0 fully saturated rings. The number of amides is 1. The Morgan fingerprint density at radius 1 is 1.26 bits per heavy atom. The number of unbranched alkanes of at least 4 members (excludes halogenated alkanes) is 1. The van der Waals surface area contributed by atoms with E-state index in [2.05, 4.69) is 37.5 Å². The van der Waals surface area contributed by atoms with Crippen molar-refractivity contribution in [3.63, 3.8) is 0 Å². The molecule has 2 rings (SSSR count). The van der Waals surface area contributed by atoms with E-state index in [1.54, 1.807) is 11.6 Å². The number of nitrogens with zero attached hydrogens (tertiary/aromatic N) is 1. The minimum atomic E-state index is -0.542. The van der Waals surface area contributed by atoms with E-state index < -0.39 is 5.91 Å². The Labute approximate surface area is 210 Å². The van der Waals surface area contributed by atoms with Crippen LogP contribution < -0.4 is 5.48 Å². The fourth-order valence-electron chi connectivity index (χ4n) is 2.89. The molecule has 1 aromatic carbocycles. The van der Waals surface area contributed by atoms with Gasteiger partial charge in [-0.15, -0.1) is 11.3 Å². The molecule has 0 spiro atoms. The number of ether oxygens (including phenoxy) is 1. The molecule has 0 radical (unpaired) electrons. The largest absolute Gasteiger partial charge is 0.326 e. The van der Waals surface area contributed by atoms with E-state index in [0.717, 1.165) is 36.4 Å². The summed E-state index contributed by atoms with van der Waals surface area (Å²) in [4.78, 5) is 15.6. The van der Waals surface area contributed by atoms with Crippen molar-refractivity contribution in [3.8, 4) is 0 Å². The van der Waals surface area contributed by atoms with E-state index in [4.69, 9.17) is 9.94 Å². The van der Waals surface area contributed by atoms with E-state index in [9.17, 15) is 4.79 Å². The second-order valence-corrected chi connectivity index (χ2v) is 9.36. The summed E-state index contributed by atoms with van der Waals surface area (Å²) in [5, 5.41) is 9.14. The zero-order chi connectivity index (χ0) is 25.3. The van der Waals surface area contributed by atoms with Gasteiger partial charge in [-0.2, -0.15) is 0 Å². The quantitative estimate of drug-likeness (QED) is 0.149. The molecule has 1 heterocycles. The Kier molecular flexibility index (Phi) is 15.0. The van der Waals surface area contributed by atoms with Gasteiger partial charge in [-0.3, -0.25) is 14.9 Å².